The van der Waals surface area contributed by atoms with Crippen molar-refractivity contribution in [1.82, 2.24) is 0 Å². The summed E-state index contributed by atoms with van der Waals surface area (Å²) in [6, 6.07) is 4.92. The number of halogens is 1. The van der Waals surface area contributed by atoms with Crippen molar-refractivity contribution in [1.29, 1.82) is 0 Å². The summed E-state index contributed by atoms with van der Waals surface area (Å²) >= 11 is 1.76. The molecule has 0 atom stereocenters. The summed E-state index contributed by atoms with van der Waals surface area (Å²) in [5.41, 5.74) is 6.55. The molecule has 0 fully saturated rings. The Morgan fingerprint density at radius 1 is 1.40 bits per heavy atom. The first-order valence-electron chi connectivity index (χ1n) is 5.10. The summed E-state index contributed by atoms with van der Waals surface area (Å²) in [6.45, 7) is 6.94. The van der Waals surface area contributed by atoms with Gasteiger partial charge in [-0.25, -0.2) is 4.39 Å². The fraction of sp³-hybridized carbons (Fsp3) is 0.500. The summed E-state index contributed by atoms with van der Waals surface area (Å²) in [7, 11) is 0. The lowest BCUT2D eigenvalue weighted by molar-refractivity contribution is 0.624. The van der Waals surface area contributed by atoms with Gasteiger partial charge in [-0.2, -0.15) is 0 Å². The number of benzene rings is 1. The average Bonchev–Trinajstić information content (AvgIpc) is 2.09. The number of thioether (sulfide) groups is 1. The first kappa shape index (κ1) is 12.5. The quantitative estimate of drug-likeness (QED) is 0.798. The largest absolute Gasteiger partial charge is 0.330 e. The molecule has 0 aliphatic rings. The molecule has 1 rings (SSSR count). The molecule has 0 aliphatic heterocycles. The van der Waals surface area contributed by atoms with Crippen LogP contribution in [-0.2, 0) is 0 Å². The summed E-state index contributed by atoms with van der Waals surface area (Å²) in [6.07, 6.45) is 0.953. The molecule has 0 radical (unpaired) electrons. The maximum Gasteiger partial charge on any atom is 0.123 e. The van der Waals surface area contributed by atoms with Crippen molar-refractivity contribution in [2.24, 2.45) is 5.73 Å². The zero-order valence-corrected chi connectivity index (χ0v) is 10.3. The highest BCUT2D eigenvalue weighted by Crippen LogP contribution is 2.36. The molecule has 0 aromatic heterocycles. The molecule has 0 saturated heterocycles. The molecular formula is C12H18FNS. The second-order valence-corrected chi connectivity index (χ2v) is 6.06. The van der Waals surface area contributed by atoms with Gasteiger partial charge in [-0.15, -0.1) is 11.8 Å². The highest BCUT2D eigenvalue weighted by molar-refractivity contribution is 8.00. The van der Waals surface area contributed by atoms with Crippen LogP contribution in [-0.4, -0.2) is 11.3 Å². The standard InChI is InChI=1S/C12H18FNS/c1-9-8-10(13)4-5-11(9)15-12(2,3)6-7-14/h4-5,8H,6-7,14H2,1-3H3. The van der Waals surface area contributed by atoms with Gasteiger partial charge in [-0.1, -0.05) is 13.8 Å². The Morgan fingerprint density at radius 2 is 2.07 bits per heavy atom. The molecule has 0 bridgehead atoms. The summed E-state index contributed by atoms with van der Waals surface area (Å²) in [5.74, 6) is -0.173. The van der Waals surface area contributed by atoms with Gasteiger partial charge in [0.15, 0.2) is 0 Å². The van der Waals surface area contributed by atoms with E-state index in [4.69, 9.17) is 5.73 Å². The Morgan fingerprint density at radius 3 is 2.60 bits per heavy atom. The first-order chi connectivity index (χ1) is 6.94. The minimum absolute atomic E-state index is 0.108. The van der Waals surface area contributed by atoms with Gasteiger partial charge >= 0.3 is 0 Å². The van der Waals surface area contributed by atoms with Crippen LogP contribution in [0.1, 0.15) is 25.8 Å². The third kappa shape index (κ3) is 3.84. The van der Waals surface area contributed by atoms with Crippen molar-refractivity contribution in [3.05, 3.63) is 29.6 Å². The van der Waals surface area contributed by atoms with E-state index in [2.05, 4.69) is 13.8 Å². The highest BCUT2D eigenvalue weighted by atomic mass is 32.2. The Kier molecular flexibility index (Phi) is 4.17. The van der Waals surface area contributed by atoms with Gasteiger partial charge in [-0.3, -0.25) is 0 Å². The number of nitrogens with two attached hydrogens (primary N) is 1. The topological polar surface area (TPSA) is 26.0 Å². The van der Waals surface area contributed by atoms with Gasteiger partial charge < -0.3 is 5.73 Å². The van der Waals surface area contributed by atoms with Crippen molar-refractivity contribution in [3.8, 4) is 0 Å². The fourth-order valence-corrected chi connectivity index (χ4v) is 2.59. The van der Waals surface area contributed by atoms with Crippen LogP contribution in [0.3, 0.4) is 0 Å². The third-order valence-corrected chi connectivity index (χ3v) is 3.70. The molecular weight excluding hydrogens is 209 g/mol. The van der Waals surface area contributed by atoms with Crippen LogP contribution in [0, 0.1) is 12.7 Å². The van der Waals surface area contributed by atoms with Gasteiger partial charge in [0.2, 0.25) is 0 Å². The van der Waals surface area contributed by atoms with E-state index < -0.39 is 0 Å². The predicted octanol–water partition coefficient (Wildman–Crippen LogP) is 3.35. The number of rotatable bonds is 4. The Bertz CT molecular complexity index is 336. The summed E-state index contributed by atoms with van der Waals surface area (Å²) in [4.78, 5) is 1.13. The van der Waals surface area contributed by atoms with Crippen LogP contribution in [0.25, 0.3) is 0 Å². The third-order valence-electron chi connectivity index (χ3n) is 2.27. The van der Waals surface area contributed by atoms with E-state index in [-0.39, 0.29) is 10.6 Å². The molecule has 84 valence electrons. The maximum absolute atomic E-state index is 12.9. The first-order valence-corrected chi connectivity index (χ1v) is 5.91. The lowest BCUT2D eigenvalue weighted by atomic mass is 10.1. The van der Waals surface area contributed by atoms with Gasteiger partial charge in [0, 0.05) is 9.64 Å². The van der Waals surface area contributed by atoms with E-state index in [0.717, 1.165) is 16.9 Å². The fourth-order valence-electron chi connectivity index (χ4n) is 1.42. The molecule has 1 aromatic carbocycles. The maximum atomic E-state index is 12.9. The monoisotopic (exact) mass is 227 g/mol. The van der Waals surface area contributed by atoms with E-state index in [0.29, 0.717) is 6.54 Å². The summed E-state index contributed by atoms with van der Waals surface area (Å²) < 4.78 is 13.0. The molecule has 0 spiro atoms. The second kappa shape index (κ2) is 4.99. The Hall–Kier alpha value is -0.540. The number of aryl methyl sites for hydroxylation is 1. The zero-order chi connectivity index (χ0) is 11.5. The number of hydrogen-bond donors (Lipinski definition) is 1. The SMILES string of the molecule is Cc1cc(F)ccc1SC(C)(C)CCN. The second-order valence-electron chi connectivity index (χ2n) is 4.31. The molecule has 0 heterocycles. The average molecular weight is 227 g/mol. The molecule has 0 unspecified atom stereocenters. The van der Waals surface area contributed by atoms with Crippen molar-refractivity contribution in [2.75, 3.05) is 6.54 Å². The summed E-state index contributed by atoms with van der Waals surface area (Å²) in [5, 5.41) is 0. The van der Waals surface area contributed by atoms with Crippen LogP contribution < -0.4 is 5.73 Å². The van der Waals surface area contributed by atoms with E-state index in [9.17, 15) is 4.39 Å². The minimum atomic E-state index is -0.173. The van der Waals surface area contributed by atoms with E-state index >= 15 is 0 Å². The highest BCUT2D eigenvalue weighted by Gasteiger charge is 2.19. The van der Waals surface area contributed by atoms with Crippen molar-refractivity contribution >= 4 is 11.8 Å². The molecule has 0 saturated carbocycles. The van der Waals surface area contributed by atoms with Gasteiger partial charge in [-0.05, 0) is 43.7 Å². The van der Waals surface area contributed by atoms with Crippen LogP contribution in [0.4, 0.5) is 4.39 Å². The number of hydrogen-bond acceptors (Lipinski definition) is 2. The van der Waals surface area contributed by atoms with E-state index in [1.807, 2.05) is 13.0 Å². The van der Waals surface area contributed by atoms with E-state index in [1.54, 1.807) is 17.8 Å². The predicted molar refractivity (Wildman–Crippen MR) is 64.7 cm³/mol. The molecule has 0 amide bonds. The Labute approximate surface area is 95.2 Å². The zero-order valence-electron chi connectivity index (χ0n) is 9.51. The van der Waals surface area contributed by atoms with Crippen molar-refractivity contribution in [2.45, 2.75) is 36.8 Å². The molecule has 0 aliphatic carbocycles. The normalized spacial score (nSPS) is 11.8. The smallest absolute Gasteiger partial charge is 0.123 e. The van der Waals surface area contributed by atoms with Gasteiger partial charge in [0.25, 0.3) is 0 Å². The van der Waals surface area contributed by atoms with Crippen LogP contribution in [0.15, 0.2) is 23.1 Å². The van der Waals surface area contributed by atoms with Crippen LogP contribution in [0.5, 0.6) is 0 Å². The van der Waals surface area contributed by atoms with Crippen LogP contribution in [0.2, 0.25) is 0 Å². The van der Waals surface area contributed by atoms with Gasteiger partial charge in [0.05, 0.1) is 0 Å². The van der Waals surface area contributed by atoms with Crippen LogP contribution >= 0.6 is 11.8 Å². The molecule has 15 heavy (non-hydrogen) atoms. The molecule has 1 nitrogen and oxygen atoms in total. The molecule has 2 N–H and O–H groups in total. The van der Waals surface area contributed by atoms with Crippen molar-refractivity contribution in [3.63, 3.8) is 0 Å². The van der Waals surface area contributed by atoms with E-state index in [1.165, 1.54) is 6.07 Å². The molecule has 3 heteroatoms. The minimum Gasteiger partial charge on any atom is -0.330 e. The van der Waals surface area contributed by atoms with Gasteiger partial charge in [0.1, 0.15) is 5.82 Å². The Balaban J connectivity index is 2.80. The van der Waals surface area contributed by atoms with Crippen molar-refractivity contribution < 1.29 is 4.39 Å². The lowest BCUT2D eigenvalue weighted by Gasteiger charge is -2.24. The molecule has 1 aromatic rings. The lowest BCUT2D eigenvalue weighted by Crippen LogP contribution is -2.19.